The van der Waals surface area contributed by atoms with Crippen molar-refractivity contribution >= 4 is 65.4 Å². The van der Waals surface area contributed by atoms with Crippen molar-refractivity contribution in [3.05, 3.63) is 40.6 Å². The predicted octanol–water partition coefficient (Wildman–Crippen LogP) is -2.41. The zero-order valence-electron chi connectivity index (χ0n) is 48.8. The van der Waals surface area contributed by atoms with Gasteiger partial charge in [-0.25, -0.2) is 4.99 Å². The highest BCUT2D eigenvalue weighted by atomic mass is 15.3. The molecule has 0 bridgehead atoms. The fraction of sp³-hybridized carbons (Fsp3) is 0.633. The second kappa shape index (κ2) is 38.3. The average molecular weight is 1180 g/mol. The summed E-state index contributed by atoms with van der Waals surface area (Å²) in [4.78, 5) is 85.6. The standard InChI is InChI=1S/C49H88N36/c1-2-3-9-33-70-40(81-45(71-33)63-27-16-51)58-22-5-11-35-73-42(83-47(77-35)65-29-18-53)60-24-7-13-37-75-44(85-49(79-37)67-31-20-55)61-25-8-14-36-74-43(84-48(78-36)66-30-19-54)59-23-6-12-34-72-41(82-46(76-34)64-28-17-52)57-21-4-10-32-68-38(56)80-39(69-32)62-26-15-50/h2-31,50-55H2,1H3,(H3,56,62,68,69,80)(H2,57,64,72,76,82)(H2,58,63,70,71,81)(H2,59,66,74,78,84)(H2,60,65,73,77,83)(H2,61,67,75,79,85). The van der Waals surface area contributed by atoms with Crippen molar-refractivity contribution < 1.29 is 0 Å². The molecule has 0 aliphatic carbocycles. The normalized spacial score (nSPS) is 11.4. The number of aromatic amines is 1. The zero-order chi connectivity index (χ0) is 60.1. The van der Waals surface area contributed by atoms with Crippen LogP contribution in [-0.4, -0.2) is 201 Å². The summed E-state index contributed by atoms with van der Waals surface area (Å²) in [5, 5.41) is 32.3. The molecule has 0 unspecified atom stereocenters. The first kappa shape index (κ1) is 65.6. The molecule has 6 heterocycles. The molecule has 36 heteroatoms. The number of nitrogen functional groups attached to an aromatic ring is 1. The van der Waals surface area contributed by atoms with E-state index < -0.39 is 0 Å². The van der Waals surface area contributed by atoms with Gasteiger partial charge in [-0.05, 0) is 38.5 Å². The Morgan fingerprint density at radius 3 is 0.988 bits per heavy atom. The van der Waals surface area contributed by atoms with Crippen LogP contribution in [0.15, 0.2) is 4.99 Å². The van der Waals surface area contributed by atoms with Crippen LogP contribution < -0.4 is 98.9 Å². The van der Waals surface area contributed by atoms with E-state index in [-0.39, 0.29) is 5.95 Å². The number of nitrogens with zero attached hydrogens (tertiary/aromatic N) is 18. The second-order valence-corrected chi connectivity index (χ2v) is 19.0. The third-order valence-electron chi connectivity index (χ3n) is 11.7. The van der Waals surface area contributed by atoms with Crippen LogP contribution in [0.1, 0.15) is 86.8 Å². The van der Waals surface area contributed by atoms with Crippen LogP contribution in [0.25, 0.3) is 0 Å². The van der Waals surface area contributed by atoms with Gasteiger partial charge in [0, 0.05) is 150 Å². The Morgan fingerprint density at radius 2 is 0.624 bits per heavy atom. The van der Waals surface area contributed by atoms with E-state index in [9.17, 15) is 0 Å². The number of nitrogens with one attached hydrogen (secondary N) is 11. The van der Waals surface area contributed by atoms with Crippen molar-refractivity contribution in [2.75, 3.05) is 170 Å². The first-order valence-electron chi connectivity index (χ1n) is 29.2. The quantitative estimate of drug-likeness (QED) is 0.0177. The maximum absolute atomic E-state index is 5.89. The van der Waals surface area contributed by atoms with E-state index in [1.807, 2.05) is 0 Å². The summed E-state index contributed by atoms with van der Waals surface area (Å²) in [6.07, 6.45) is 8.93. The van der Waals surface area contributed by atoms with Crippen LogP contribution in [0.3, 0.4) is 0 Å². The number of hydrogen-bond acceptors (Lipinski definition) is 35. The molecule has 0 spiro atoms. The first-order valence-corrected chi connectivity index (χ1v) is 29.2. The molecule has 0 aliphatic rings. The van der Waals surface area contributed by atoms with Crippen LogP contribution in [-0.2, 0) is 38.5 Å². The van der Waals surface area contributed by atoms with Crippen LogP contribution >= 0.6 is 0 Å². The molecule has 0 fully saturated rings. The van der Waals surface area contributed by atoms with Crippen molar-refractivity contribution in [2.45, 2.75) is 90.4 Å². The van der Waals surface area contributed by atoms with Gasteiger partial charge in [-0.3, -0.25) is 0 Å². The minimum absolute atomic E-state index is 0.143. The van der Waals surface area contributed by atoms with E-state index in [2.05, 4.69) is 135 Å². The average Bonchev–Trinajstić information content (AvgIpc) is 3.53. The van der Waals surface area contributed by atoms with Gasteiger partial charge in [0.15, 0.2) is 0 Å². The number of unbranched alkanes of at least 4 members (excludes halogenated alkanes) is 1. The smallest absolute Gasteiger partial charge is 0.249 e. The molecule has 0 saturated heterocycles. The second-order valence-electron chi connectivity index (χ2n) is 19.0. The van der Waals surface area contributed by atoms with Gasteiger partial charge in [0.05, 0.1) is 0 Å². The van der Waals surface area contributed by atoms with Gasteiger partial charge in [-0.1, -0.05) is 13.3 Å². The van der Waals surface area contributed by atoms with Crippen molar-refractivity contribution in [1.29, 1.82) is 0 Å². The highest BCUT2D eigenvalue weighted by molar-refractivity contribution is 5.38. The molecule has 85 heavy (non-hydrogen) atoms. The molecular weight excluding hydrogens is 1090 g/mol. The van der Waals surface area contributed by atoms with Crippen molar-refractivity contribution in [3.8, 4) is 0 Å². The molecular formula is C49H88N36. The third-order valence-corrected chi connectivity index (χ3v) is 11.7. The van der Waals surface area contributed by atoms with E-state index in [0.29, 0.717) is 270 Å². The molecule has 0 amide bonds. The summed E-state index contributed by atoms with van der Waals surface area (Å²) in [6, 6.07) is 0. The summed E-state index contributed by atoms with van der Waals surface area (Å²) in [7, 11) is 0. The summed E-state index contributed by atoms with van der Waals surface area (Å²) >= 11 is 0. The topological polar surface area (TPSA) is 550 Å². The molecule has 0 aromatic carbocycles. The van der Waals surface area contributed by atoms with E-state index >= 15 is 0 Å². The molecule has 6 rings (SSSR count). The van der Waals surface area contributed by atoms with Gasteiger partial charge < -0.3 is 98.3 Å². The van der Waals surface area contributed by atoms with E-state index in [4.69, 9.17) is 60.1 Å². The Morgan fingerprint density at radius 1 is 0.318 bits per heavy atom. The van der Waals surface area contributed by atoms with E-state index in [1.54, 1.807) is 0 Å². The third kappa shape index (κ3) is 25.4. The Balaban J connectivity index is 1.000. The lowest BCUT2D eigenvalue weighted by Crippen LogP contribution is -2.23. The van der Waals surface area contributed by atoms with Gasteiger partial charge in [-0.2, -0.15) is 84.7 Å². The van der Waals surface area contributed by atoms with Gasteiger partial charge in [0.1, 0.15) is 34.9 Å². The highest BCUT2D eigenvalue weighted by Crippen LogP contribution is 2.14. The lowest BCUT2D eigenvalue weighted by Gasteiger charge is -2.11. The molecule has 0 radical (unpaired) electrons. The van der Waals surface area contributed by atoms with Gasteiger partial charge >= 0.3 is 0 Å². The molecule has 464 valence electrons. The summed E-state index contributed by atoms with van der Waals surface area (Å²) in [5.74, 6) is 8.51. The van der Waals surface area contributed by atoms with Crippen LogP contribution in [0.2, 0.25) is 0 Å². The van der Waals surface area contributed by atoms with Gasteiger partial charge in [0.2, 0.25) is 71.0 Å². The Kier molecular flexibility index (Phi) is 29.6. The van der Waals surface area contributed by atoms with E-state index in [1.165, 1.54) is 0 Å². The zero-order valence-corrected chi connectivity index (χ0v) is 48.8. The lowest BCUT2D eigenvalue weighted by molar-refractivity contribution is 0.725. The Bertz CT molecular complexity index is 2900. The SMILES string of the molecule is CCCCc1nc(NCCN)nc(NCCCc2nc(NCCN)nc(NCCCc3nc(=NCCCc4nc(NCCN)nc(NCCCc5nc(NCCN)nc(NCCCc6nc(N)nc(NCCN)n6)n5)n4)nc(NCCN)[nH]3)n2)n1. The predicted molar refractivity (Wildman–Crippen MR) is 330 cm³/mol. The molecule has 0 saturated carbocycles. The Hall–Kier alpha value is -8.58. The molecule has 6 aromatic rings. The fourth-order valence-electron chi connectivity index (χ4n) is 7.76. The number of hydrogen-bond donors (Lipinski definition) is 18. The summed E-state index contributed by atoms with van der Waals surface area (Å²) in [5.41, 5.74) is 40.7. The van der Waals surface area contributed by atoms with Gasteiger partial charge in [0.25, 0.3) is 0 Å². The van der Waals surface area contributed by atoms with Crippen LogP contribution in [0.4, 0.5) is 65.4 Å². The lowest BCUT2D eigenvalue weighted by atomic mass is 10.2. The van der Waals surface area contributed by atoms with Crippen LogP contribution in [0, 0.1) is 0 Å². The minimum Gasteiger partial charge on any atom is -0.368 e. The maximum Gasteiger partial charge on any atom is 0.249 e. The summed E-state index contributed by atoms with van der Waals surface area (Å²) in [6.45, 7) is 10.4. The highest BCUT2D eigenvalue weighted by Gasteiger charge is 2.13. The van der Waals surface area contributed by atoms with E-state index in [0.717, 1.165) is 25.1 Å². The molecule has 36 nitrogen and oxygen atoms in total. The first-order chi connectivity index (χ1) is 41.7. The van der Waals surface area contributed by atoms with Crippen molar-refractivity contribution in [3.63, 3.8) is 0 Å². The monoisotopic (exact) mass is 1180 g/mol. The van der Waals surface area contributed by atoms with Crippen molar-refractivity contribution in [1.82, 2.24) is 89.7 Å². The fourth-order valence-corrected chi connectivity index (χ4v) is 7.76. The Labute approximate surface area is 494 Å². The molecule has 0 atom stereocenters. The largest absolute Gasteiger partial charge is 0.368 e. The molecule has 6 aromatic heterocycles. The minimum atomic E-state index is 0.143. The number of aromatic nitrogens is 18. The molecule has 0 aliphatic heterocycles. The number of nitrogens with two attached hydrogens (primary N) is 7. The number of anilines is 11. The van der Waals surface area contributed by atoms with Crippen LogP contribution in [0.5, 0.6) is 0 Å². The van der Waals surface area contributed by atoms with Gasteiger partial charge in [-0.15, -0.1) is 0 Å². The number of rotatable bonds is 45. The molecule has 25 N–H and O–H groups in total. The number of H-pyrrole nitrogens is 1. The van der Waals surface area contributed by atoms with Crippen molar-refractivity contribution in [2.24, 2.45) is 39.4 Å². The number of aryl methyl sites for hydroxylation is 6. The summed E-state index contributed by atoms with van der Waals surface area (Å²) < 4.78 is 0. The maximum atomic E-state index is 5.89.